The lowest BCUT2D eigenvalue weighted by Crippen LogP contribution is -2.41. The van der Waals surface area contributed by atoms with Crippen LogP contribution in [0.15, 0.2) is 0 Å². The summed E-state index contributed by atoms with van der Waals surface area (Å²) in [7, 11) is 0. The molecule has 2 fully saturated rings. The lowest BCUT2D eigenvalue weighted by atomic mass is 10.3. The third-order valence-corrected chi connectivity index (χ3v) is 3.68. The van der Waals surface area contributed by atoms with E-state index in [0.29, 0.717) is 5.92 Å². The van der Waals surface area contributed by atoms with Crippen LogP contribution in [0.4, 0.5) is 0 Å². The van der Waals surface area contributed by atoms with Crippen LogP contribution in [0.5, 0.6) is 0 Å². The molecule has 12 heavy (non-hydrogen) atoms. The molecule has 68 valence electrons. The molecule has 1 atom stereocenters. The molecule has 1 saturated carbocycles. The minimum Gasteiger partial charge on any atom is -0.358 e. The average Bonchev–Trinajstić information content (AvgIpc) is 2.85. The zero-order chi connectivity index (χ0) is 8.55. The first-order valence-electron chi connectivity index (χ1n) is 4.72. The van der Waals surface area contributed by atoms with Crippen LogP contribution in [0, 0.1) is 11.3 Å². The number of hydrogen-bond acceptors (Lipinski definition) is 2. The van der Waals surface area contributed by atoms with Gasteiger partial charge in [-0.3, -0.25) is 5.41 Å². The Morgan fingerprint density at radius 3 is 2.83 bits per heavy atom. The molecule has 1 saturated heterocycles. The fraction of sp³-hybridized carbons (Fsp3) is 0.889. The van der Waals surface area contributed by atoms with Crippen molar-refractivity contribution in [1.82, 2.24) is 4.90 Å². The van der Waals surface area contributed by atoms with Gasteiger partial charge in [0.05, 0.1) is 5.84 Å². The van der Waals surface area contributed by atoms with Crippen molar-refractivity contribution < 1.29 is 0 Å². The molecule has 2 rings (SSSR count). The minimum absolute atomic E-state index is 0.625. The van der Waals surface area contributed by atoms with Crippen LogP contribution < -0.4 is 0 Å². The number of nitrogens with one attached hydrogen (secondary N) is 1. The summed E-state index contributed by atoms with van der Waals surface area (Å²) in [4.78, 5) is 2.28. The zero-order valence-corrected chi connectivity index (χ0v) is 8.36. The quantitative estimate of drug-likeness (QED) is 0.497. The van der Waals surface area contributed by atoms with Gasteiger partial charge >= 0.3 is 0 Å². The van der Waals surface area contributed by atoms with Crippen LogP contribution in [0.25, 0.3) is 0 Å². The fourth-order valence-corrected chi connectivity index (χ4v) is 2.67. The Labute approximate surface area is 78.2 Å². The molecule has 2 aliphatic rings. The Hall–Kier alpha value is -0.180. The highest BCUT2D eigenvalue weighted by Gasteiger charge is 2.31. The molecule has 0 amide bonds. The predicted octanol–water partition coefficient (Wildman–Crippen LogP) is 1.81. The number of rotatable bonds is 1. The standard InChI is InChI=1S/C9H16N2S/c1-7-6-11(4-5-12-7)9(10)8-2-3-8/h7-8,10H,2-6H2,1H3. The van der Waals surface area contributed by atoms with E-state index in [1.807, 2.05) is 11.8 Å². The predicted molar refractivity (Wildman–Crippen MR) is 53.9 cm³/mol. The summed E-state index contributed by atoms with van der Waals surface area (Å²) in [5, 5.41) is 8.63. The normalized spacial score (nSPS) is 30.4. The van der Waals surface area contributed by atoms with Gasteiger partial charge in [-0.25, -0.2) is 0 Å². The highest BCUT2D eigenvalue weighted by Crippen LogP contribution is 2.32. The van der Waals surface area contributed by atoms with Crippen LogP contribution in [-0.2, 0) is 0 Å². The molecule has 0 radical (unpaired) electrons. The van der Waals surface area contributed by atoms with Gasteiger partial charge in [-0.2, -0.15) is 11.8 Å². The number of thioether (sulfide) groups is 1. The second-order valence-electron chi connectivity index (χ2n) is 3.79. The summed E-state index contributed by atoms with van der Waals surface area (Å²) in [6.45, 7) is 4.46. The second-order valence-corrected chi connectivity index (χ2v) is 5.33. The van der Waals surface area contributed by atoms with Gasteiger partial charge in [-0.1, -0.05) is 6.92 Å². The van der Waals surface area contributed by atoms with Crippen molar-refractivity contribution in [2.24, 2.45) is 5.92 Å². The Morgan fingerprint density at radius 2 is 2.25 bits per heavy atom. The van der Waals surface area contributed by atoms with Crippen molar-refractivity contribution >= 4 is 17.6 Å². The first-order valence-corrected chi connectivity index (χ1v) is 5.77. The summed E-state index contributed by atoms with van der Waals surface area (Å²) in [5.74, 6) is 2.75. The molecular weight excluding hydrogens is 168 g/mol. The molecule has 1 heterocycles. The second kappa shape index (κ2) is 3.29. The average molecular weight is 184 g/mol. The first kappa shape index (κ1) is 8.42. The van der Waals surface area contributed by atoms with Crippen LogP contribution in [0.2, 0.25) is 0 Å². The van der Waals surface area contributed by atoms with Gasteiger partial charge in [0.15, 0.2) is 0 Å². The maximum absolute atomic E-state index is 7.91. The number of hydrogen-bond donors (Lipinski definition) is 1. The molecule has 0 aromatic carbocycles. The SMILES string of the molecule is CC1CN(C(=N)C2CC2)CCS1. The molecule has 1 unspecified atom stereocenters. The highest BCUT2D eigenvalue weighted by molar-refractivity contribution is 7.99. The Morgan fingerprint density at radius 1 is 1.50 bits per heavy atom. The molecule has 0 aromatic rings. The van der Waals surface area contributed by atoms with E-state index >= 15 is 0 Å². The lowest BCUT2D eigenvalue weighted by Gasteiger charge is -2.32. The third-order valence-electron chi connectivity index (χ3n) is 2.55. The summed E-state index contributed by atoms with van der Waals surface area (Å²) in [6.07, 6.45) is 2.52. The van der Waals surface area contributed by atoms with E-state index in [0.717, 1.165) is 24.2 Å². The van der Waals surface area contributed by atoms with Crippen molar-refractivity contribution in [2.75, 3.05) is 18.8 Å². The van der Waals surface area contributed by atoms with Gasteiger partial charge in [0, 0.05) is 30.0 Å². The molecule has 3 heteroatoms. The van der Waals surface area contributed by atoms with Crippen molar-refractivity contribution in [3.05, 3.63) is 0 Å². The number of amidine groups is 1. The molecule has 0 aromatic heterocycles. The van der Waals surface area contributed by atoms with Crippen molar-refractivity contribution in [2.45, 2.75) is 25.0 Å². The van der Waals surface area contributed by atoms with Gasteiger partial charge in [-0.05, 0) is 12.8 Å². The lowest BCUT2D eigenvalue weighted by molar-refractivity contribution is 0.421. The molecule has 1 N–H and O–H groups in total. The number of nitrogens with zero attached hydrogens (tertiary/aromatic N) is 1. The van der Waals surface area contributed by atoms with Gasteiger partial charge < -0.3 is 4.90 Å². The van der Waals surface area contributed by atoms with E-state index < -0.39 is 0 Å². The first-order chi connectivity index (χ1) is 5.77. The molecule has 0 bridgehead atoms. The smallest absolute Gasteiger partial charge is 0.0990 e. The summed E-state index contributed by atoms with van der Waals surface area (Å²) >= 11 is 2.03. The maximum atomic E-state index is 7.91. The van der Waals surface area contributed by atoms with Crippen molar-refractivity contribution in [1.29, 1.82) is 5.41 Å². The molecule has 0 spiro atoms. The van der Waals surface area contributed by atoms with Gasteiger partial charge in [0.2, 0.25) is 0 Å². The van der Waals surface area contributed by atoms with E-state index in [2.05, 4.69) is 11.8 Å². The maximum Gasteiger partial charge on any atom is 0.0990 e. The highest BCUT2D eigenvalue weighted by atomic mass is 32.2. The van der Waals surface area contributed by atoms with Crippen LogP contribution >= 0.6 is 11.8 Å². The van der Waals surface area contributed by atoms with Gasteiger partial charge in [0.1, 0.15) is 0 Å². The topological polar surface area (TPSA) is 27.1 Å². The molecule has 1 aliphatic heterocycles. The minimum atomic E-state index is 0.625. The molecule has 1 aliphatic carbocycles. The van der Waals surface area contributed by atoms with Crippen LogP contribution in [0.1, 0.15) is 19.8 Å². The molecule has 2 nitrogen and oxygen atoms in total. The van der Waals surface area contributed by atoms with Gasteiger partial charge in [-0.15, -0.1) is 0 Å². The van der Waals surface area contributed by atoms with E-state index in [1.54, 1.807) is 0 Å². The Balaban J connectivity index is 1.89. The van der Waals surface area contributed by atoms with Crippen LogP contribution in [0.3, 0.4) is 0 Å². The van der Waals surface area contributed by atoms with E-state index in [9.17, 15) is 0 Å². The van der Waals surface area contributed by atoms with Crippen molar-refractivity contribution in [3.63, 3.8) is 0 Å². The molecular formula is C9H16N2S. The van der Waals surface area contributed by atoms with Crippen LogP contribution in [-0.4, -0.2) is 34.8 Å². The Bertz CT molecular complexity index is 189. The van der Waals surface area contributed by atoms with Gasteiger partial charge in [0.25, 0.3) is 0 Å². The monoisotopic (exact) mass is 184 g/mol. The zero-order valence-electron chi connectivity index (χ0n) is 7.55. The van der Waals surface area contributed by atoms with Crippen molar-refractivity contribution in [3.8, 4) is 0 Å². The Kier molecular flexibility index (Phi) is 2.31. The van der Waals surface area contributed by atoms with E-state index in [4.69, 9.17) is 5.41 Å². The summed E-state index contributed by atoms with van der Waals surface area (Å²) in [6, 6.07) is 0. The van der Waals surface area contributed by atoms with E-state index in [1.165, 1.54) is 18.6 Å². The fourth-order valence-electron chi connectivity index (χ4n) is 1.65. The summed E-state index contributed by atoms with van der Waals surface area (Å²) < 4.78 is 0. The largest absolute Gasteiger partial charge is 0.358 e. The van der Waals surface area contributed by atoms with E-state index in [-0.39, 0.29) is 0 Å². The third kappa shape index (κ3) is 1.76. The summed E-state index contributed by atoms with van der Waals surface area (Å²) in [5.41, 5.74) is 0.